The Morgan fingerprint density at radius 1 is 1.11 bits per heavy atom. The van der Waals surface area contributed by atoms with Crippen molar-refractivity contribution in [3.05, 3.63) is 74.8 Å². The van der Waals surface area contributed by atoms with Crippen molar-refractivity contribution in [2.45, 2.75) is 20.8 Å². The lowest BCUT2D eigenvalue weighted by Crippen LogP contribution is -2.32. The van der Waals surface area contributed by atoms with E-state index in [1.54, 1.807) is 12.1 Å². The minimum absolute atomic E-state index is 0.0929. The molecule has 0 fully saturated rings. The van der Waals surface area contributed by atoms with E-state index in [1.165, 1.54) is 18.2 Å². The minimum atomic E-state index is -0.517. The van der Waals surface area contributed by atoms with E-state index >= 15 is 0 Å². The molecule has 0 aromatic heterocycles. The molecule has 140 valence electrons. The van der Waals surface area contributed by atoms with Crippen LogP contribution in [0.2, 0.25) is 0 Å². The molecule has 0 aliphatic rings. The topological polar surface area (TPSA) is 101 Å². The number of anilines is 1. The Morgan fingerprint density at radius 3 is 2.37 bits per heavy atom. The average Bonchev–Trinajstić information content (AvgIpc) is 2.61. The van der Waals surface area contributed by atoms with Gasteiger partial charge in [-0.25, -0.2) is 0 Å². The molecule has 0 heterocycles. The molecular formula is C20H21N3O4. The van der Waals surface area contributed by atoms with Crippen molar-refractivity contribution >= 4 is 29.3 Å². The van der Waals surface area contributed by atoms with Gasteiger partial charge < -0.3 is 10.6 Å². The fraction of sp³-hybridized carbons (Fsp3) is 0.200. The number of carbonyl (C=O) groups excluding carboxylic acids is 2. The second-order valence-corrected chi connectivity index (χ2v) is 6.19. The van der Waals surface area contributed by atoms with Crippen molar-refractivity contribution in [3.8, 4) is 0 Å². The third-order valence-electron chi connectivity index (χ3n) is 3.91. The molecule has 0 aliphatic carbocycles. The van der Waals surface area contributed by atoms with Crippen molar-refractivity contribution in [1.29, 1.82) is 0 Å². The number of amides is 2. The number of benzene rings is 2. The van der Waals surface area contributed by atoms with Gasteiger partial charge in [-0.1, -0.05) is 29.8 Å². The third-order valence-corrected chi connectivity index (χ3v) is 3.91. The van der Waals surface area contributed by atoms with Gasteiger partial charge in [0.25, 0.3) is 5.69 Å². The van der Waals surface area contributed by atoms with Gasteiger partial charge >= 0.3 is 0 Å². The van der Waals surface area contributed by atoms with Crippen molar-refractivity contribution in [1.82, 2.24) is 5.32 Å². The Morgan fingerprint density at radius 2 is 1.74 bits per heavy atom. The average molecular weight is 367 g/mol. The molecule has 0 aliphatic heterocycles. The van der Waals surface area contributed by atoms with Crippen LogP contribution in [-0.2, 0) is 9.59 Å². The molecule has 0 spiro atoms. The summed E-state index contributed by atoms with van der Waals surface area (Å²) in [5.41, 5.74) is 3.95. The zero-order chi connectivity index (χ0) is 20.0. The highest BCUT2D eigenvalue weighted by atomic mass is 16.6. The van der Waals surface area contributed by atoms with Gasteiger partial charge in [-0.15, -0.1) is 0 Å². The van der Waals surface area contributed by atoms with E-state index in [-0.39, 0.29) is 18.1 Å². The summed E-state index contributed by atoms with van der Waals surface area (Å²) in [5, 5.41) is 16.2. The summed E-state index contributed by atoms with van der Waals surface area (Å²) >= 11 is 0. The van der Waals surface area contributed by atoms with E-state index in [0.29, 0.717) is 5.56 Å². The molecule has 2 N–H and O–H groups in total. The lowest BCUT2D eigenvalue weighted by atomic mass is 10.1. The molecule has 2 amide bonds. The second kappa shape index (κ2) is 8.75. The summed E-state index contributed by atoms with van der Waals surface area (Å²) in [7, 11) is 0. The highest BCUT2D eigenvalue weighted by Gasteiger charge is 2.11. The molecular weight excluding hydrogens is 346 g/mol. The van der Waals surface area contributed by atoms with Crippen LogP contribution in [0.1, 0.15) is 22.3 Å². The Hall–Kier alpha value is -3.48. The van der Waals surface area contributed by atoms with Crippen LogP contribution in [0.25, 0.3) is 6.08 Å². The molecule has 7 nitrogen and oxygen atoms in total. The Labute approximate surface area is 157 Å². The monoisotopic (exact) mass is 367 g/mol. The number of nitro benzene ring substituents is 1. The van der Waals surface area contributed by atoms with Crippen LogP contribution in [0.4, 0.5) is 11.4 Å². The molecule has 7 heteroatoms. The predicted octanol–water partition coefficient (Wildman–Crippen LogP) is 3.29. The summed E-state index contributed by atoms with van der Waals surface area (Å²) in [6.45, 7) is 5.59. The second-order valence-electron chi connectivity index (χ2n) is 6.19. The van der Waals surface area contributed by atoms with Gasteiger partial charge in [0.05, 0.1) is 17.0 Å². The van der Waals surface area contributed by atoms with Gasteiger partial charge in [-0.3, -0.25) is 19.7 Å². The summed E-state index contributed by atoms with van der Waals surface area (Å²) < 4.78 is 0. The predicted molar refractivity (Wildman–Crippen MR) is 104 cm³/mol. The normalized spacial score (nSPS) is 10.6. The maximum Gasteiger partial charge on any atom is 0.276 e. The van der Waals surface area contributed by atoms with Gasteiger partial charge in [-0.05, 0) is 44.0 Å². The summed E-state index contributed by atoms with van der Waals surface area (Å²) in [6, 6.07) is 10.0. The third kappa shape index (κ3) is 5.50. The summed E-state index contributed by atoms with van der Waals surface area (Å²) in [4.78, 5) is 34.4. The van der Waals surface area contributed by atoms with Gasteiger partial charge in [-0.2, -0.15) is 0 Å². The molecule has 0 saturated carbocycles. The maximum absolute atomic E-state index is 12.1. The number of aryl methyl sites for hydroxylation is 3. The van der Waals surface area contributed by atoms with Gasteiger partial charge in [0, 0.05) is 17.8 Å². The maximum atomic E-state index is 12.1. The smallest absolute Gasteiger partial charge is 0.276 e. The van der Waals surface area contributed by atoms with Crippen molar-refractivity contribution in [3.63, 3.8) is 0 Å². The molecule has 27 heavy (non-hydrogen) atoms. The van der Waals surface area contributed by atoms with Crippen molar-refractivity contribution in [2.24, 2.45) is 0 Å². The SMILES string of the molecule is Cc1cc(C)c(NC(=O)CNC(=O)/C=C/c2ccccc2[N+](=O)[O-])c(C)c1. The van der Waals surface area contributed by atoms with E-state index < -0.39 is 10.8 Å². The fourth-order valence-corrected chi connectivity index (χ4v) is 2.75. The van der Waals surface area contributed by atoms with Crippen LogP contribution in [-0.4, -0.2) is 23.3 Å². The quantitative estimate of drug-likeness (QED) is 0.465. The fourth-order valence-electron chi connectivity index (χ4n) is 2.75. The van der Waals surface area contributed by atoms with Gasteiger partial charge in [0.1, 0.15) is 0 Å². The van der Waals surface area contributed by atoms with E-state index in [9.17, 15) is 19.7 Å². The number of hydrogen-bond donors (Lipinski definition) is 2. The lowest BCUT2D eigenvalue weighted by Gasteiger charge is -2.13. The van der Waals surface area contributed by atoms with Crippen LogP contribution in [0.15, 0.2) is 42.5 Å². The first-order valence-electron chi connectivity index (χ1n) is 8.35. The zero-order valence-corrected chi connectivity index (χ0v) is 15.4. The van der Waals surface area contributed by atoms with Crippen molar-refractivity contribution < 1.29 is 14.5 Å². The Kier molecular flexibility index (Phi) is 6.43. The first kappa shape index (κ1) is 19.8. The molecule has 2 aromatic rings. The molecule has 0 unspecified atom stereocenters. The van der Waals surface area contributed by atoms with E-state index in [0.717, 1.165) is 28.5 Å². The molecule has 0 radical (unpaired) electrons. The lowest BCUT2D eigenvalue weighted by molar-refractivity contribution is -0.385. The van der Waals surface area contributed by atoms with Crippen LogP contribution in [0.5, 0.6) is 0 Å². The van der Waals surface area contributed by atoms with Crippen LogP contribution in [0.3, 0.4) is 0 Å². The van der Waals surface area contributed by atoms with E-state index in [1.807, 2.05) is 32.9 Å². The first-order valence-corrected chi connectivity index (χ1v) is 8.35. The van der Waals surface area contributed by atoms with Gasteiger partial charge in [0.2, 0.25) is 11.8 Å². The number of nitro groups is 1. The van der Waals surface area contributed by atoms with Crippen LogP contribution < -0.4 is 10.6 Å². The number of nitrogens with one attached hydrogen (secondary N) is 2. The minimum Gasteiger partial charge on any atom is -0.343 e. The number of nitrogens with zero attached hydrogens (tertiary/aromatic N) is 1. The van der Waals surface area contributed by atoms with Gasteiger partial charge in [0.15, 0.2) is 0 Å². The molecule has 0 bridgehead atoms. The largest absolute Gasteiger partial charge is 0.343 e. The van der Waals surface area contributed by atoms with Crippen LogP contribution >= 0.6 is 0 Å². The molecule has 0 atom stereocenters. The number of hydrogen-bond acceptors (Lipinski definition) is 4. The van der Waals surface area contributed by atoms with E-state index in [2.05, 4.69) is 10.6 Å². The standard InChI is InChI=1S/C20H21N3O4/c1-13-10-14(2)20(15(3)11-13)22-19(25)12-21-18(24)9-8-16-6-4-5-7-17(16)23(26)27/h4-11H,12H2,1-3H3,(H,21,24)(H,22,25)/b9-8+. The first-order chi connectivity index (χ1) is 12.8. The van der Waals surface area contributed by atoms with E-state index in [4.69, 9.17) is 0 Å². The highest BCUT2D eigenvalue weighted by Crippen LogP contribution is 2.21. The highest BCUT2D eigenvalue weighted by molar-refractivity contribution is 5.98. The van der Waals surface area contributed by atoms with Crippen molar-refractivity contribution in [2.75, 3.05) is 11.9 Å². The summed E-state index contributed by atoms with van der Waals surface area (Å²) in [6.07, 6.45) is 2.51. The number of carbonyl (C=O) groups is 2. The molecule has 2 aromatic carbocycles. The number of para-hydroxylation sites is 1. The Bertz CT molecular complexity index is 896. The Balaban J connectivity index is 1.94. The molecule has 0 saturated heterocycles. The zero-order valence-electron chi connectivity index (χ0n) is 15.4. The molecule has 2 rings (SSSR count). The summed E-state index contributed by atoms with van der Waals surface area (Å²) in [5.74, 6) is -0.863. The van der Waals surface area contributed by atoms with Crippen LogP contribution in [0, 0.1) is 30.9 Å². The number of rotatable bonds is 6.